The molecule has 0 aliphatic heterocycles. The lowest BCUT2D eigenvalue weighted by molar-refractivity contribution is 0.0455. The Bertz CT molecular complexity index is 1050. The van der Waals surface area contributed by atoms with Gasteiger partial charge in [-0.15, -0.1) is 5.10 Å². The lowest BCUT2D eigenvalue weighted by atomic mass is 10.3. The zero-order chi connectivity index (χ0) is 18.1. The van der Waals surface area contributed by atoms with E-state index in [2.05, 4.69) is 47.9 Å². The van der Waals surface area contributed by atoms with Crippen LogP contribution in [0.5, 0.6) is 0 Å². The number of halogens is 1. The summed E-state index contributed by atoms with van der Waals surface area (Å²) in [4.78, 5) is 23.8. The van der Waals surface area contributed by atoms with Crippen LogP contribution in [0.3, 0.4) is 0 Å². The number of rotatable bonds is 4. The molecule has 0 aliphatic carbocycles. The number of esters is 1. The van der Waals surface area contributed by atoms with Gasteiger partial charge in [0, 0.05) is 9.77 Å². The first-order valence-electron chi connectivity index (χ1n) is 7.77. The van der Waals surface area contributed by atoms with Gasteiger partial charge in [0.15, 0.2) is 11.3 Å². The Morgan fingerprint density at radius 2 is 2.08 bits per heavy atom. The number of benzene rings is 1. The van der Waals surface area contributed by atoms with Crippen molar-refractivity contribution in [2.75, 3.05) is 0 Å². The summed E-state index contributed by atoms with van der Waals surface area (Å²) in [7, 11) is 0. The first-order chi connectivity index (χ1) is 12.6. The van der Waals surface area contributed by atoms with Crippen molar-refractivity contribution < 1.29 is 9.53 Å². The average molecular weight is 460 g/mol. The van der Waals surface area contributed by atoms with Gasteiger partial charge >= 0.3 is 5.97 Å². The van der Waals surface area contributed by atoms with Crippen LogP contribution in [0.2, 0.25) is 0 Å². The number of ether oxygens (including phenoxy) is 1. The molecule has 1 N–H and O–H groups in total. The zero-order valence-electron chi connectivity index (χ0n) is 13.7. The standard InChI is InChI=1S/C17H13IN6O2/c1-10-15(22-23-24(10)12-6-4-11(18)5-7-12)17(25)26-9-14-20-13-3-2-8-19-16(13)21-14/h2-8H,9H2,1H3,(H,19,20,21). The number of aromatic nitrogens is 6. The smallest absolute Gasteiger partial charge is 0.361 e. The molecule has 3 aromatic heterocycles. The number of carbonyl (C=O) groups excluding carboxylic acids is 1. The maximum Gasteiger partial charge on any atom is 0.361 e. The molecule has 1 aromatic carbocycles. The average Bonchev–Trinajstić information content (AvgIpc) is 3.23. The molecule has 0 atom stereocenters. The Labute approximate surface area is 161 Å². The normalized spacial score (nSPS) is 11.0. The van der Waals surface area contributed by atoms with E-state index < -0.39 is 5.97 Å². The molecular weight excluding hydrogens is 447 g/mol. The highest BCUT2D eigenvalue weighted by Gasteiger charge is 2.19. The molecule has 0 saturated heterocycles. The second-order valence-corrected chi connectivity index (χ2v) is 6.79. The molecular formula is C17H13IN6O2. The summed E-state index contributed by atoms with van der Waals surface area (Å²) in [5.74, 6) is -0.0255. The van der Waals surface area contributed by atoms with Gasteiger partial charge in [0.05, 0.1) is 16.9 Å². The monoisotopic (exact) mass is 460 g/mol. The Morgan fingerprint density at radius 3 is 2.85 bits per heavy atom. The summed E-state index contributed by atoms with van der Waals surface area (Å²) in [5.41, 5.74) is 3.00. The summed E-state index contributed by atoms with van der Waals surface area (Å²) in [6.07, 6.45) is 1.66. The molecule has 0 bridgehead atoms. The number of hydrogen-bond acceptors (Lipinski definition) is 6. The number of pyridine rings is 1. The maximum atomic E-state index is 12.4. The molecule has 0 unspecified atom stereocenters. The summed E-state index contributed by atoms with van der Waals surface area (Å²) in [6.45, 7) is 1.78. The molecule has 26 heavy (non-hydrogen) atoms. The molecule has 0 aliphatic rings. The number of aromatic amines is 1. The fourth-order valence-corrected chi connectivity index (χ4v) is 2.87. The molecule has 8 nitrogen and oxygen atoms in total. The van der Waals surface area contributed by atoms with Crippen LogP contribution in [0.25, 0.3) is 16.9 Å². The number of imidazole rings is 1. The Morgan fingerprint density at radius 1 is 1.27 bits per heavy atom. The van der Waals surface area contributed by atoms with Gasteiger partial charge in [0.1, 0.15) is 12.4 Å². The fraction of sp³-hybridized carbons (Fsp3) is 0.118. The number of fused-ring (bicyclic) bond motifs is 1. The molecule has 130 valence electrons. The van der Waals surface area contributed by atoms with Crippen molar-refractivity contribution in [2.24, 2.45) is 0 Å². The number of nitrogens with one attached hydrogen (secondary N) is 1. The maximum absolute atomic E-state index is 12.4. The van der Waals surface area contributed by atoms with Crippen molar-refractivity contribution in [1.29, 1.82) is 0 Å². The first-order valence-corrected chi connectivity index (χ1v) is 8.84. The third kappa shape index (κ3) is 3.17. The van der Waals surface area contributed by atoms with Crippen molar-refractivity contribution in [3.05, 3.63) is 63.4 Å². The molecule has 0 fully saturated rings. The van der Waals surface area contributed by atoms with E-state index in [9.17, 15) is 4.79 Å². The molecule has 0 spiro atoms. The van der Waals surface area contributed by atoms with Crippen LogP contribution in [0, 0.1) is 10.5 Å². The van der Waals surface area contributed by atoms with E-state index in [1.54, 1.807) is 17.8 Å². The van der Waals surface area contributed by atoms with E-state index in [1.165, 1.54) is 0 Å². The lowest BCUT2D eigenvalue weighted by Crippen LogP contribution is -2.09. The van der Waals surface area contributed by atoms with Crippen molar-refractivity contribution in [3.8, 4) is 5.69 Å². The highest BCUT2D eigenvalue weighted by Crippen LogP contribution is 2.15. The number of nitrogens with zero attached hydrogens (tertiary/aromatic N) is 5. The Kier molecular flexibility index (Phi) is 4.37. The van der Waals surface area contributed by atoms with Crippen LogP contribution >= 0.6 is 22.6 Å². The Hall–Kier alpha value is -2.82. The van der Waals surface area contributed by atoms with Gasteiger partial charge in [-0.05, 0) is 65.9 Å². The summed E-state index contributed by atoms with van der Waals surface area (Å²) in [6, 6.07) is 11.4. The molecule has 3 heterocycles. The highest BCUT2D eigenvalue weighted by atomic mass is 127. The van der Waals surface area contributed by atoms with Crippen molar-refractivity contribution >= 4 is 39.7 Å². The Balaban J connectivity index is 1.50. The SMILES string of the molecule is Cc1c(C(=O)OCc2nc3ncccc3[nH]2)nnn1-c1ccc(I)cc1. The third-order valence-electron chi connectivity index (χ3n) is 3.81. The van der Waals surface area contributed by atoms with E-state index in [0.29, 0.717) is 17.2 Å². The second kappa shape index (κ2) is 6.83. The molecule has 0 radical (unpaired) electrons. The summed E-state index contributed by atoms with van der Waals surface area (Å²) >= 11 is 2.23. The minimum Gasteiger partial charge on any atom is -0.453 e. The van der Waals surface area contributed by atoms with Crippen LogP contribution in [-0.2, 0) is 11.3 Å². The first kappa shape index (κ1) is 16.6. The fourth-order valence-electron chi connectivity index (χ4n) is 2.51. The zero-order valence-corrected chi connectivity index (χ0v) is 15.8. The summed E-state index contributed by atoms with van der Waals surface area (Å²) < 4.78 is 8.04. The topological polar surface area (TPSA) is 98.6 Å². The minimum atomic E-state index is -0.548. The summed E-state index contributed by atoms with van der Waals surface area (Å²) in [5, 5.41) is 8.02. The van der Waals surface area contributed by atoms with Crippen molar-refractivity contribution in [3.63, 3.8) is 0 Å². The predicted octanol–water partition coefficient (Wildman–Crippen LogP) is 2.81. The van der Waals surface area contributed by atoms with Crippen LogP contribution in [0.15, 0.2) is 42.6 Å². The van der Waals surface area contributed by atoms with Gasteiger partial charge < -0.3 is 9.72 Å². The third-order valence-corrected chi connectivity index (χ3v) is 4.52. The number of H-pyrrole nitrogens is 1. The predicted molar refractivity (Wildman–Crippen MR) is 102 cm³/mol. The van der Waals surface area contributed by atoms with E-state index in [1.807, 2.05) is 36.4 Å². The largest absolute Gasteiger partial charge is 0.453 e. The van der Waals surface area contributed by atoms with Gasteiger partial charge in [-0.25, -0.2) is 19.4 Å². The van der Waals surface area contributed by atoms with Crippen LogP contribution in [0.4, 0.5) is 0 Å². The molecule has 0 saturated carbocycles. The van der Waals surface area contributed by atoms with Gasteiger partial charge in [-0.3, -0.25) is 0 Å². The molecule has 9 heteroatoms. The van der Waals surface area contributed by atoms with E-state index in [4.69, 9.17) is 4.74 Å². The molecule has 4 aromatic rings. The number of carbonyl (C=O) groups is 1. The quantitative estimate of drug-likeness (QED) is 0.372. The van der Waals surface area contributed by atoms with Gasteiger partial charge in [-0.2, -0.15) is 0 Å². The van der Waals surface area contributed by atoms with Crippen molar-refractivity contribution in [2.45, 2.75) is 13.5 Å². The van der Waals surface area contributed by atoms with E-state index >= 15 is 0 Å². The van der Waals surface area contributed by atoms with E-state index in [-0.39, 0.29) is 12.3 Å². The van der Waals surface area contributed by atoms with Crippen molar-refractivity contribution in [1.82, 2.24) is 29.9 Å². The van der Waals surface area contributed by atoms with Crippen LogP contribution in [0.1, 0.15) is 22.0 Å². The van der Waals surface area contributed by atoms with Crippen LogP contribution < -0.4 is 0 Å². The van der Waals surface area contributed by atoms with Crippen LogP contribution in [-0.4, -0.2) is 35.9 Å². The molecule has 4 rings (SSSR count). The second-order valence-electron chi connectivity index (χ2n) is 5.55. The van der Waals surface area contributed by atoms with Gasteiger partial charge in [0.25, 0.3) is 0 Å². The van der Waals surface area contributed by atoms with Gasteiger partial charge in [-0.1, -0.05) is 5.21 Å². The number of hydrogen-bond donors (Lipinski definition) is 1. The minimum absolute atomic E-state index is 0.00499. The molecule has 0 amide bonds. The lowest BCUT2D eigenvalue weighted by Gasteiger charge is -2.04. The van der Waals surface area contributed by atoms with E-state index in [0.717, 1.165) is 14.8 Å². The highest BCUT2D eigenvalue weighted by molar-refractivity contribution is 14.1. The van der Waals surface area contributed by atoms with Gasteiger partial charge in [0.2, 0.25) is 0 Å².